The number of carbonyl (C=O) groups is 8. The second-order valence-corrected chi connectivity index (χ2v) is 19.8. The van der Waals surface area contributed by atoms with Crippen LogP contribution in [0.5, 0.6) is 23.0 Å². The summed E-state index contributed by atoms with van der Waals surface area (Å²) in [5.74, 6) is -6.43. The molecule has 8 aromatic rings. The van der Waals surface area contributed by atoms with Crippen LogP contribution in [0.3, 0.4) is 0 Å². The Labute approximate surface area is 414 Å². The molecule has 0 saturated heterocycles. The first-order valence-corrected chi connectivity index (χ1v) is 24.6. The molecule has 22 heteroatoms. The summed E-state index contributed by atoms with van der Waals surface area (Å²) in [6.45, 7) is 0. The molecule has 12 rings (SSSR count). The smallest absolute Gasteiger partial charge is 0.298 e. The van der Waals surface area contributed by atoms with E-state index < -0.39 is 77.3 Å². The minimum atomic E-state index is -5.05. The molecule has 74 heavy (non-hydrogen) atoms. The summed E-state index contributed by atoms with van der Waals surface area (Å²) in [6, 6.07) is 28.8. The molecular formula is C52H26N4O16S2. The highest BCUT2D eigenvalue weighted by molar-refractivity contribution is 7.86. The summed E-state index contributed by atoms with van der Waals surface area (Å²) >= 11 is 0. The number of anilines is 2. The third-order valence-corrected chi connectivity index (χ3v) is 14.7. The average molecular weight is 1030 g/mol. The van der Waals surface area contributed by atoms with Crippen LogP contribution in [0, 0.1) is 0 Å². The molecule has 8 aromatic carbocycles. The van der Waals surface area contributed by atoms with Gasteiger partial charge in [-0.05, 0) is 132 Å². The standard InChI is InChI=1S/C52H26N4O16S2/c57-45-29-11-15-33-43-34(16-12-30(41(29)43)46(58)53-45)50(62)55(49(33)61)25-3-7-27(8-4-25)71-37-19-1-23(21-39(37)73(65,66)67)24-2-20-38(40(22-24)74(68,69)70)72-28-9-5-26(6-10-28)56-51(63)35-17-13-31-42-32(48(60)54-47(31)59)14-18-36(44(35)42)52(56)64/h1-22H,(H,53,57,58)(H,54,59,60)(H,65,66,67)(H,68,69,70). The molecule has 4 aliphatic heterocycles. The van der Waals surface area contributed by atoms with Crippen LogP contribution in [0.4, 0.5) is 11.4 Å². The topological polar surface area (TPSA) is 294 Å². The van der Waals surface area contributed by atoms with E-state index in [4.69, 9.17) is 9.47 Å². The van der Waals surface area contributed by atoms with Crippen molar-refractivity contribution in [3.63, 3.8) is 0 Å². The predicted octanol–water partition coefficient (Wildman–Crippen LogP) is 7.11. The van der Waals surface area contributed by atoms with Crippen molar-refractivity contribution in [2.45, 2.75) is 9.79 Å². The van der Waals surface area contributed by atoms with Crippen LogP contribution in [0.2, 0.25) is 0 Å². The Bertz CT molecular complexity index is 3890. The Morgan fingerprint density at radius 2 is 0.622 bits per heavy atom. The maximum absolute atomic E-state index is 13.8. The van der Waals surface area contributed by atoms with Crippen molar-refractivity contribution in [3.05, 3.63) is 178 Å². The van der Waals surface area contributed by atoms with Gasteiger partial charge in [0.1, 0.15) is 32.8 Å². The molecule has 4 heterocycles. The number of rotatable bonds is 9. The summed E-state index contributed by atoms with van der Waals surface area (Å²) in [6.07, 6.45) is 0. The van der Waals surface area contributed by atoms with Gasteiger partial charge < -0.3 is 9.47 Å². The molecule has 362 valence electrons. The van der Waals surface area contributed by atoms with Gasteiger partial charge in [-0.25, -0.2) is 9.80 Å². The van der Waals surface area contributed by atoms with Gasteiger partial charge >= 0.3 is 0 Å². The highest BCUT2D eigenvalue weighted by Gasteiger charge is 2.40. The van der Waals surface area contributed by atoms with Crippen LogP contribution in [-0.2, 0) is 20.2 Å². The van der Waals surface area contributed by atoms with Crippen molar-refractivity contribution >= 4 is 100 Å². The van der Waals surface area contributed by atoms with Crippen molar-refractivity contribution in [3.8, 4) is 34.1 Å². The van der Waals surface area contributed by atoms with E-state index in [1.165, 1.54) is 121 Å². The molecule has 0 fully saturated rings. The zero-order chi connectivity index (χ0) is 51.9. The van der Waals surface area contributed by atoms with Gasteiger partial charge in [0.05, 0.1) is 11.4 Å². The van der Waals surface area contributed by atoms with Crippen molar-refractivity contribution < 1.29 is 73.8 Å². The van der Waals surface area contributed by atoms with Crippen LogP contribution in [-0.4, -0.2) is 73.2 Å². The van der Waals surface area contributed by atoms with Gasteiger partial charge in [-0.3, -0.25) is 58.1 Å². The molecule has 20 nitrogen and oxygen atoms in total. The van der Waals surface area contributed by atoms with Crippen molar-refractivity contribution in [1.82, 2.24) is 10.6 Å². The van der Waals surface area contributed by atoms with Gasteiger partial charge in [-0.15, -0.1) is 0 Å². The molecule has 8 amide bonds. The monoisotopic (exact) mass is 1030 g/mol. The summed E-state index contributed by atoms with van der Waals surface area (Å²) < 4.78 is 83.4. The van der Waals surface area contributed by atoms with Gasteiger partial charge in [0, 0.05) is 66.1 Å². The Kier molecular flexibility index (Phi) is 9.74. The van der Waals surface area contributed by atoms with E-state index in [0.717, 1.165) is 21.9 Å². The first kappa shape index (κ1) is 45.4. The molecule has 0 spiro atoms. The fraction of sp³-hybridized carbons (Fsp3) is 0. The summed E-state index contributed by atoms with van der Waals surface area (Å²) in [5.41, 5.74) is 1.04. The van der Waals surface area contributed by atoms with Crippen LogP contribution in [0.1, 0.15) is 82.9 Å². The third-order valence-electron chi connectivity index (χ3n) is 12.9. The summed E-state index contributed by atoms with van der Waals surface area (Å²) in [7, 11) is -10.1. The lowest BCUT2D eigenvalue weighted by molar-refractivity contribution is 0.0828. The Balaban J connectivity index is 0.789. The zero-order valence-electron chi connectivity index (χ0n) is 37.0. The average Bonchev–Trinajstić information content (AvgIpc) is 3.39. The van der Waals surface area contributed by atoms with Gasteiger partial charge in [0.2, 0.25) is 0 Å². The summed E-state index contributed by atoms with van der Waals surface area (Å²) in [5, 5.41) is 5.18. The number of imide groups is 4. The van der Waals surface area contributed by atoms with E-state index in [1.54, 1.807) is 0 Å². The third kappa shape index (κ3) is 6.88. The zero-order valence-corrected chi connectivity index (χ0v) is 38.7. The molecule has 0 radical (unpaired) electrons. The Morgan fingerprint density at radius 3 is 0.905 bits per heavy atom. The fourth-order valence-corrected chi connectivity index (χ4v) is 10.9. The van der Waals surface area contributed by atoms with Gasteiger partial charge in [-0.2, -0.15) is 16.8 Å². The molecule has 4 aliphatic rings. The number of hydrogen-bond donors (Lipinski definition) is 4. The lowest BCUT2D eigenvalue weighted by Crippen LogP contribution is -2.42. The predicted molar refractivity (Wildman–Crippen MR) is 258 cm³/mol. The van der Waals surface area contributed by atoms with E-state index in [0.29, 0.717) is 0 Å². The second-order valence-electron chi connectivity index (χ2n) is 17.1. The number of nitrogens with zero attached hydrogens (tertiary/aromatic N) is 2. The number of benzene rings is 8. The van der Waals surface area contributed by atoms with E-state index in [-0.39, 0.29) is 112 Å². The van der Waals surface area contributed by atoms with Crippen LogP contribution in [0.15, 0.2) is 143 Å². The number of amides is 8. The second kappa shape index (κ2) is 15.9. The SMILES string of the molecule is O=C1NC(=O)c2ccc3c4c(ccc1c24)C(=O)N(c1ccc(Oc2ccc(-c4ccc(Oc5ccc(N6C(=O)c7ccc8c9c(ccc(c79)C6=O)C(=O)NC8=O)cc5)c(S(=O)(=O)O)c4)cc2S(=O)(=O)O)cc1)C3=O. The summed E-state index contributed by atoms with van der Waals surface area (Å²) in [4.78, 5) is 106. The van der Waals surface area contributed by atoms with Crippen LogP contribution in [0.25, 0.3) is 32.7 Å². The lowest BCUT2D eigenvalue weighted by Gasteiger charge is -2.29. The normalized spacial score (nSPS) is 14.9. The number of carbonyl (C=O) groups excluding carboxylic acids is 8. The van der Waals surface area contributed by atoms with Crippen molar-refractivity contribution in [2.24, 2.45) is 0 Å². The minimum absolute atomic E-state index is 0.00908. The first-order valence-electron chi connectivity index (χ1n) is 21.7. The molecular weight excluding hydrogens is 1000 g/mol. The lowest BCUT2D eigenvalue weighted by atomic mass is 9.86. The molecule has 0 unspecified atom stereocenters. The Morgan fingerprint density at radius 1 is 0.351 bits per heavy atom. The van der Waals surface area contributed by atoms with Crippen molar-refractivity contribution in [1.29, 1.82) is 0 Å². The first-order chi connectivity index (χ1) is 35.3. The molecule has 4 N–H and O–H groups in total. The van der Waals surface area contributed by atoms with E-state index in [2.05, 4.69) is 10.6 Å². The minimum Gasteiger partial charge on any atom is -0.456 e. The Hall–Kier alpha value is -9.74. The number of nitrogens with one attached hydrogen (secondary N) is 2. The van der Waals surface area contributed by atoms with Crippen molar-refractivity contribution in [2.75, 3.05) is 9.80 Å². The highest BCUT2D eigenvalue weighted by atomic mass is 32.2. The molecule has 0 atom stereocenters. The molecule has 0 aromatic heterocycles. The molecule has 0 saturated carbocycles. The highest BCUT2D eigenvalue weighted by Crippen LogP contribution is 2.42. The maximum Gasteiger partial charge on any atom is 0.298 e. The van der Waals surface area contributed by atoms with E-state index in [1.807, 2.05) is 0 Å². The largest absolute Gasteiger partial charge is 0.456 e. The van der Waals surface area contributed by atoms with E-state index in [9.17, 15) is 64.3 Å². The maximum atomic E-state index is 13.8. The molecule has 0 bridgehead atoms. The van der Waals surface area contributed by atoms with Crippen LogP contribution >= 0.6 is 0 Å². The van der Waals surface area contributed by atoms with Gasteiger partial charge in [0.25, 0.3) is 67.5 Å². The van der Waals surface area contributed by atoms with Gasteiger partial charge in [0.15, 0.2) is 0 Å². The number of hydrogen-bond acceptors (Lipinski definition) is 14. The fourth-order valence-electron chi connectivity index (χ4n) is 9.60. The van der Waals surface area contributed by atoms with E-state index >= 15 is 0 Å². The van der Waals surface area contributed by atoms with Crippen LogP contribution < -0.4 is 29.9 Å². The quantitative estimate of drug-likeness (QED) is 0.0827. The molecule has 0 aliphatic carbocycles. The van der Waals surface area contributed by atoms with Gasteiger partial charge in [-0.1, -0.05) is 12.1 Å². The number of ether oxygens (including phenoxy) is 2.